The Morgan fingerprint density at radius 3 is 2.44 bits per heavy atom. The molecule has 1 amide bonds. The molecular formula is C26H26N2O6. The molecule has 1 heterocycles. The van der Waals surface area contributed by atoms with Gasteiger partial charge in [0.25, 0.3) is 5.91 Å². The number of hydrogen-bond donors (Lipinski definition) is 0. The lowest BCUT2D eigenvalue weighted by Crippen LogP contribution is -2.41. The predicted octanol–water partition coefficient (Wildman–Crippen LogP) is 3.48. The highest BCUT2D eigenvalue weighted by atomic mass is 16.6. The Balaban J connectivity index is 1.69. The van der Waals surface area contributed by atoms with Gasteiger partial charge >= 0.3 is 5.97 Å². The van der Waals surface area contributed by atoms with Crippen LogP contribution < -0.4 is 14.2 Å². The highest BCUT2D eigenvalue weighted by Crippen LogP contribution is 2.29. The van der Waals surface area contributed by atoms with Gasteiger partial charge in [-0.1, -0.05) is 18.2 Å². The molecule has 0 aliphatic carbocycles. The summed E-state index contributed by atoms with van der Waals surface area (Å²) >= 11 is 0. The second-order valence-corrected chi connectivity index (χ2v) is 7.24. The average Bonchev–Trinajstić information content (AvgIpc) is 2.88. The first-order valence-corrected chi connectivity index (χ1v) is 10.8. The number of carbonyl (C=O) groups excluding carboxylic acids is 2. The summed E-state index contributed by atoms with van der Waals surface area (Å²) < 4.78 is 21.4. The molecule has 8 heteroatoms. The standard InChI is InChI=1S/C26H26N2O6/c1-3-33-22-8-4-19(5-9-22)7-11-25(29)34-23-10-6-20(17-24(23)31-2)16-21(18-27)26(30)28-12-14-32-15-13-28/h4-11,16-17H,3,12-15H2,1-2H3/b11-7+,21-16+. The van der Waals surface area contributed by atoms with E-state index in [1.54, 1.807) is 29.2 Å². The van der Waals surface area contributed by atoms with Crippen molar-refractivity contribution in [3.05, 3.63) is 65.2 Å². The van der Waals surface area contributed by atoms with Crippen LogP contribution in [0.5, 0.6) is 17.2 Å². The first kappa shape index (κ1) is 24.6. The molecule has 0 atom stereocenters. The van der Waals surface area contributed by atoms with Crippen LogP contribution in [0.1, 0.15) is 18.1 Å². The third-order valence-electron chi connectivity index (χ3n) is 4.96. The Kier molecular flexibility index (Phi) is 8.83. The second-order valence-electron chi connectivity index (χ2n) is 7.24. The van der Waals surface area contributed by atoms with E-state index in [-0.39, 0.29) is 17.2 Å². The zero-order valence-electron chi connectivity index (χ0n) is 19.2. The minimum atomic E-state index is -0.573. The maximum absolute atomic E-state index is 12.6. The summed E-state index contributed by atoms with van der Waals surface area (Å²) in [5.41, 5.74) is 1.40. The average molecular weight is 463 g/mol. The minimum absolute atomic E-state index is 0.00647. The van der Waals surface area contributed by atoms with Gasteiger partial charge in [-0.3, -0.25) is 4.79 Å². The summed E-state index contributed by atoms with van der Waals surface area (Å²) in [6.07, 6.45) is 4.44. The third-order valence-corrected chi connectivity index (χ3v) is 4.96. The molecule has 1 fully saturated rings. The number of nitriles is 1. The molecule has 0 bridgehead atoms. The topological polar surface area (TPSA) is 98.1 Å². The van der Waals surface area contributed by atoms with E-state index in [0.717, 1.165) is 11.3 Å². The van der Waals surface area contributed by atoms with Gasteiger partial charge in [-0.2, -0.15) is 5.26 Å². The molecule has 1 saturated heterocycles. The van der Waals surface area contributed by atoms with E-state index in [1.807, 2.05) is 37.3 Å². The predicted molar refractivity (Wildman–Crippen MR) is 126 cm³/mol. The summed E-state index contributed by atoms with van der Waals surface area (Å²) in [5, 5.41) is 9.47. The normalized spacial score (nSPS) is 13.9. The number of rotatable bonds is 8. The molecule has 2 aromatic carbocycles. The molecule has 3 rings (SSSR count). The number of benzene rings is 2. The molecule has 176 valence electrons. The summed E-state index contributed by atoms with van der Waals surface area (Å²) in [6.45, 7) is 4.28. The van der Waals surface area contributed by atoms with Crippen molar-refractivity contribution in [2.45, 2.75) is 6.92 Å². The van der Waals surface area contributed by atoms with Gasteiger partial charge in [-0.15, -0.1) is 0 Å². The molecule has 0 spiro atoms. The van der Waals surface area contributed by atoms with Crippen LogP contribution in [0, 0.1) is 11.3 Å². The van der Waals surface area contributed by atoms with Gasteiger partial charge in [0.15, 0.2) is 11.5 Å². The van der Waals surface area contributed by atoms with Crippen molar-refractivity contribution >= 4 is 24.0 Å². The van der Waals surface area contributed by atoms with Crippen molar-refractivity contribution in [1.82, 2.24) is 4.90 Å². The van der Waals surface area contributed by atoms with Crippen LogP contribution in [0.2, 0.25) is 0 Å². The van der Waals surface area contributed by atoms with Crippen LogP contribution in [0.15, 0.2) is 54.1 Å². The third kappa shape index (κ3) is 6.70. The Morgan fingerprint density at radius 2 is 1.79 bits per heavy atom. The Bertz CT molecular complexity index is 1110. The van der Waals surface area contributed by atoms with Crippen molar-refractivity contribution in [2.24, 2.45) is 0 Å². The summed E-state index contributed by atoms with van der Waals surface area (Å²) in [7, 11) is 1.44. The monoisotopic (exact) mass is 462 g/mol. The second kappa shape index (κ2) is 12.2. The lowest BCUT2D eigenvalue weighted by molar-refractivity contribution is -0.130. The maximum atomic E-state index is 12.6. The van der Waals surface area contributed by atoms with Crippen LogP contribution >= 0.6 is 0 Å². The van der Waals surface area contributed by atoms with Crippen molar-refractivity contribution in [3.63, 3.8) is 0 Å². The van der Waals surface area contributed by atoms with Crippen LogP contribution in [-0.2, 0) is 14.3 Å². The lowest BCUT2D eigenvalue weighted by Gasteiger charge is -2.26. The first-order valence-electron chi connectivity index (χ1n) is 10.8. The molecule has 1 aliphatic heterocycles. The maximum Gasteiger partial charge on any atom is 0.336 e. The minimum Gasteiger partial charge on any atom is -0.494 e. The first-order chi connectivity index (χ1) is 16.5. The Hall–Kier alpha value is -4.09. The largest absolute Gasteiger partial charge is 0.494 e. The molecule has 0 unspecified atom stereocenters. The van der Waals surface area contributed by atoms with Crippen LogP contribution in [-0.4, -0.2) is 56.8 Å². The van der Waals surface area contributed by atoms with E-state index >= 15 is 0 Å². The fourth-order valence-electron chi connectivity index (χ4n) is 3.25. The van der Waals surface area contributed by atoms with Crippen LogP contribution in [0.4, 0.5) is 0 Å². The molecule has 34 heavy (non-hydrogen) atoms. The van der Waals surface area contributed by atoms with Crippen LogP contribution in [0.25, 0.3) is 12.2 Å². The fourth-order valence-corrected chi connectivity index (χ4v) is 3.25. The van der Waals surface area contributed by atoms with Crippen molar-refractivity contribution in [1.29, 1.82) is 5.26 Å². The smallest absolute Gasteiger partial charge is 0.336 e. The Labute approximate surface area is 198 Å². The van der Waals surface area contributed by atoms with Crippen molar-refractivity contribution in [2.75, 3.05) is 40.0 Å². The summed E-state index contributed by atoms with van der Waals surface area (Å²) in [5.74, 6) is 0.356. The quantitative estimate of drug-likeness (QED) is 0.256. The number of hydrogen-bond acceptors (Lipinski definition) is 7. The van der Waals surface area contributed by atoms with Gasteiger partial charge in [-0.05, 0) is 54.5 Å². The van der Waals surface area contributed by atoms with Gasteiger partial charge in [0.1, 0.15) is 17.4 Å². The molecule has 0 saturated carbocycles. The van der Waals surface area contributed by atoms with E-state index < -0.39 is 5.97 Å². The Morgan fingerprint density at radius 1 is 1.09 bits per heavy atom. The van der Waals surface area contributed by atoms with Gasteiger partial charge in [-0.25, -0.2) is 4.79 Å². The van der Waals surface area contributed by atoms with Gasteiger partial charge in [0, 0.05) is 19.2 Å². The zero-order chi connectivity index (χ0) is 24.3. The number of esters is 1. The molecule has 8 nitrogen and oxygen atoms in total. The van der Waals surface area contributed by atoms with E-state index in [9.17, 15) is 14.9 Å². The number of nitrogens with zero attached hydrogens (tertiary/aromatic N) is 2. The fraction of sp³-hybridized carbons (Fsp3) is 0.269. The van der Waals surface area contributed by atoms with Crippen molar-refractivity contribution < 1.29 is 28.5 Å². The van der Waals surface area contributed by atoms with E-state index in [4.69, 9.17) is 18.9 Å². The van der Waals surface area contributed by atoms with Crippen molar-refractivity contribution in [3.8, 4) is 23.3 Å². The van der Waals surface area contributed by atoms with Gasteiger partial charge in [0.2, 0.25) is 0 Å². The molecule has 2 aromatic rings. The lowest BCUT2D eigenvalue weighted by atomic mass is 10.1. The number of ether oxygens (including phenoxy) is 4. The van der Waals surface area contributed by atoms with Gasteiger partial charge in [0.05, 0.1) is 26.9 Å². The van der Waals surface area contributed by atoms with Gasteiger partial charge < -0.3 is 23.8 Å². The highest BCUT2D eigenvalue weighted by Gasteiger charge is 2.20. The SMILES string of the molecule is CCOc1ccc(/C=C/C(=O)Oc2ccc(/C=C(\C#N)C(=O)N3CCOCC3)cc2OC)cc1. The molecule has 1 aliphatic rings. The number of amides is 1. The molecule has 0 radical (unpaired) electrons. The summed E-state index contributed by atoms with van der Waals surface area (Å²) in [4.78, 5) is 26.5. The summed E-state index contributed by atoms with van der Waals surface area (Å²) in [6, 6.07) is 14.1. The van der Waals surface area contributed by atoms with E-state index in [1.165, 1.54) is 19.3 Å². The number of morpholine rings is 1. The number of carbonyl (C=O) groups is 2. The van der Waals surface area contributed by atoms with E-state index in [0.29, 0.717) is 44.2 Å². The molecule has 0 aromatic heterocycles. The zero-order valence-corrected chi connectivity index (χ0v) is 19.2. The highest BCUT2D eigenvalue weighted by molar-refractivity contribution is 6.01. The number of methoxy groups -OCH3 is 1. The van der Waals surface area contributed by atoms with E-state index in [2.05, 4.69) is 0 Å². The van der Waals surface area contributed by atoms with Crippen LogP contribution in [0.3, 0.4) is 0 Å². The molecular weight excluding hydrogens is 436 g/mol. The molecule has 0 N–H and O–H groups in total.